The van der Waals surface area contributed by atoms with Gasteiger partial charge in [0.05, 0.1) is 18.8 Å². The summed E-state index contributed by atoms with van der Waals surface area (Å²) < 4.78 is 24.3. The predicted molar refractivity (Wildman–Crippen MR) is 160 cm³/mol. The lowest BCUT2D eigenvalue weighted by Gasteiger charge is -2.22. The van der Waals surface area contributed by atoms with E-state index >= 15 is 0 Å². The number of rotatable bonds is 16. The molecule has 0 aliphatic carbocycles. The molecular formula is C33H41ClO6. The van der Waals surface area contributed by atoms with E-state index in [4.69, 9.17) is 30.5 Å². The minimum absolute atomic E-state index is 0.204. The summed E-state index contributed by atoms with van der Waals surface area (Å²) in [5.41, 5.74) is 1.53. The van der Waals surface area contributed by atoms with E-state index in [2.05, 4.69) is 13.8 Å². The number of ether oxygens (including phenoxy) is 4. The molecule has 0 N–H and O–H groups in total. The van der Waals surface area contributed by atoms with E-state index < -0.39 is 5.97 Å². The summed E-state index contributed by atoms with van der Waals surface area (Å²) in [6.45, 7) is 8.87. The van der Waals surface area contributed by atoms with Crippen molar-refractivity contribution in [2.45, 2.75) is 85.5 Å². The van der Waals surface area contributed by atoms with Crippen molar-refractivity contribution in [2.24, 2.45) is 0 Å². The van der Waals surface area contributed by atoms with E-state index in [0.29, 0.717) is 47.4 Å². The highest BCUT2D eigenvalue weighted by Crippen LogP contribution is 2.52. The molecule has 0 aliphatic rings. The van der Waals surface area contributed by atoms with Crippen LogP contribution in [0.4, 0.5) is 0 Å². The molecule has 216 valence electrons. The maximum absolute atomic E-state index is 13.3. The highest BCUT2D eigenvalue weighted by molar-refractivity contribution is 6.31. The van der Waals surface area contributed by atoms with Crippen molar-refractivity contribution >= 4 is 34.3 Å². The van der Waals surface area contributed by atoms with Gasteiger partial charge in [-0.15, -0.1) is 0 Å². The number of carbonyl (C=O) groups is 2. The largest absolute Gasteiger partial charge is 0.486 e. The van der Waals surface area contributed by atoms with Crippen molar-refractivity contribution in [3.63, 3.8) is 0 Å². The molecule has 3 rings (SSSR count). The fourth-order valence-corrected chi connectivity index (χ4v) is 4.46. The van der Waals surface area contributed by atoms with Crippen molar-refractivity contribution in [1.29, 1.82) is 0 Å². The topological polar surface area (TPSA) is 71.1 Å². The van der Waals surface area contributed by atoms with Gasteiger partial charge in [-0.05, 0) is 61.6 Å². The number of carbonyl (C=O) groups excluding carboxylic acids is 2. The minimum atomic E-state index is -0.529. The van der Waals surface area contributed by atoms with Gasteiger partial charge in [-0.1, -0.05) is 77.1 Å². The summed E-state index contributed by atoms with van der Waals surface area (Å²) in [7, 11) is 0. The number of hydrogen-bond acceptors (Lipinski definition) is 6. The second-order valence-electron chi connectivity index (χ2n) is 9.78. The third-order valence-corrected chi connectivity index (χ3v) is 6.72. The molecule has 0 unspecified atom stereocenters. The first-order valence-corrected chi connectivity index (χ1v) is 14.9. The Balaban J connectivity index is 2.10. The summed E-state index contributed by atoms with van der Waals surface area (Å²) in [6, 6.07) is 12.4. The Morgan fingerprint density at radius 3 is 1.90 bits per heavy atom. The lowest BCUT2D eigenvalue weighted by atomic mass is 10.1. The molecular weight excluding hydrogens is 528 g/mol. The van der Waals surface area contributed by atoms with Crippen molar-refractivity contribution in [3.8, 4) is 23.0 Å². The Bertz CT molecular complexity index is 1270. The predicted octanol–water partition coefficient (Wildman–Crippen LogP) is 9.12. The lowest BCUT2D eigenvalue weighted by Crippen LogP contribution is -2.14. The van der Waals surface area contributed by atoms with Gasteiger partial charge in [0.15, 0.2) is 11.5 Å². The number of hydrogen-bond donors (Lipinski definition) is 0. The molecule has 3 aromatic carbocycles. The fourth-order valence-electron chi connectivity index (χ4n) is 4.29. The summed E-state index contributed by atoms with van der Waals surface area (Å²) in [4.78, 5) is 26.3. The van der Waals surface area contributed by atoms with Crippen LogP contribution in [-0.2, 0) is 11.2 Å². The average molecular weight is 569 g/mol. The van der Waals surface area contributed by atoms with Crippen molar-refractivity contribution in [1.82, 2.24) is 0 Å². The van der Waals surface area contributed by atoms with Gasteiger partial charge in [0.25, 0.3) is 0 Å². The minimum Gasteiger partial charge on any atom is -0.486 e. The lowest BCUT2D eigenvalue weighted by molar-refractivity contribution is -0.134. The zero-order valence-electron chi connectivity index (χ0n) is 24.1. The Kier molecular flexibility index (Phi) is 12.6. The van der Waals surface area contributed by atoms with Crippen LogP contribution in [0.3, 0.4) is 0 Å². The standard InChI is InChI=1S/C33H41ClO6/c1-5-9-10-11-12-13-28(35)39-30-27-22-25(34)18-19-26(27)29(31(37-20-6-2)32(30)38-21-7-3)40-33(36)24-16-14-23(8-4)15-17-24/h14-19,22H,5-13,20-21H2,1-4H3. The van der Waals surface area contributed by atoms with E-state index in [1.54, 1.807) is 30.3 Å². The van der Waals surface area contributed by atoms with Crippen molar-refractivity contribution < 1.29 is 28.5 Å². The number of fused-ring (bicyclic) bond motifs is 1. The van der Waals surface area contributed by atoms with E-state index in [1.807, 2.05) is 26.0 Å². The van der Waals surface area contributed by atoms with E-state index in [0.717, 1.165) is 44.1 Å². The van der Waals surface area contributed by atoms with E-state index in [-0.39, 0.29) is 35.4 Å². The number of unbranched alkanes of at least 4 members (excludes halogenated alkanes) is 4. The van der Waals surface area contributed by atoms with Crippen LogP contribution in [0.1, 0.15) is 95.0 Å². The normalized spacial score (nSPS) is 10.9. The molecule has 7 heteroatoms. The van der Waals surface area contributed by atoms with Gasteiger partial charge >= 0.3 is 11.9 Å². The van der Waals surface area contributed by atoms with Gasteiger partial charge in [-0.25, -0.2) is 4.79 Å². The molecule has 0 atom stereocenters. The molecule has 0 fully saturated rings. The van der Waals surface area contributed by atoms with Crippen LogP contribution < -0.4 is 18.9 Å². The van der Waals surface area contributed by atoms with Crippen LogP contribution in [0.2, 0.25) is 5.02 Å². The summed E-state index contributed by atoms with van der Waals surface area (Å²) in [5, 5.41) is 1.48. The number of aryl methyl sites for hydroxylation is 1. The first kappa shape index (κ1) is 31.3. The maximum Gasteiger partial charge on any atom is 0.343 e. The Morgan fingerprint density at radius 2 is 1.30 bits per heavy atom. The fraction of sp³-hybridized carbons (Fsp3) is 0.455. The Morgan fingerprint density at radius 1 is 0.675 bits per heavy atom. The molecule has 6 nitrogen and oxygen atoms in total. The summed E-state index contributed by atoms with van der Waals surface area (Å²) >= 11 is 6.40. The third kappa shape index (κ3) is 8.37. The van der Waals surface area contributed by atoms with Gasteiger partial charge < -0.3 is 18.9 Å². The van der Waals surface area contributed by atoms with Gasteiger partial charge in [0.1, 0.15) is 0 Å². The first-order valence-electron chi connectivity index (χ1n) is 14.5. The van der Waals surface area contributed by atoms with Gasteiger partial charge in [-0.2, -0.15) is 0 Å². The average Bonchev–Trinajstić information content (AvgIpc) is 2.96. The highest BCUT2D eigenvalue weighted by atomic mass is 35.5. The molecule has 0 aliphatic heterocycles. The molecule has 0 spiro atoms. The van der Waals surface area contributed by atoms with Crippen LogP contribution in [0.25, 0.3) is 10.8 Å². The number of benzene rings is 3. The van der Waals surface area contributed by atoms with Crippen LogP contribution in [0.5, 0.6) is 23.0 Å². The van der Waals surface area contributed by atoms with Crippen molar-refractivity contribution in [3.05, 3.63) is 58.6 Å². The molecule has 0 saturated carbocycles. The zero-order chi connectivity index (χ0) is 28.9. The second-order valence-corrected chi connectivity index (χ2v) is 10.2. The second kappa shape index (κ2) is 16.1. The van der Waals surface area contributed by atoms with E-state index in [9.17, 15) is 9.59 Å². The SMILES string of the molecule is CCCCCCCC(=O)Oc1c(OCCC)c(OCCC)c(OC(=O)c2ccc(CC)cc2)c2ccc(Cl)cc12. The number of esters is 2. The molecule has 3 aromatic rings. The molecule has 0 saturated heterocycles. The van der Waals surface area contributed by atoms with Gasteiger partial charge in [0, 0.05) is 22.2 Å². The highest BCUT2D eigenvalue weighted by Gasteiger charge is 2.28. The van der Waals surface area contributed by atoms with E-state index in [1.165, 1.54) is 0 Å². The molecule has 0 heterocycles. The molecule has 0 amide bonds. The van der Waals surface area contributed by atoms with Gasteiger partial charge in [-0.3, -0.25) is 4.79 Å². The monoisotopic (exact) mass is 568 g/mol. The van der Waals surface area contributed by atoms with Crippen LogP contribution in [-0.4, -0.2) is 25.2 Å². The third-order valence-electron chi connectivity index (χ3n) is 6.48. The molecule has 40 heavy (non-hydrogen) atoms. The maximum atomic E-state index is 13.3. The van der Waals surface area contributed by atoms with Crippen molar-refractivity contribution in [2.75, 3.05) is 13.2 Å². The van der Waals surface area contributed by atoms with Crippen LogP contribution in [0, 0.1) is 0 Å². The summed E-state index contributed by atoms with van der Waals surface area (Å²) in [6.07, 6.45) is 7.66. The zero-order valence-corrected chi connectivity index (χ0v) is 24.9. The Labute approximate surface area is 242 Å². The summed E-state index contributed by atoms with van der Waals surface area (Å²) in [5.74, 6) is 0.000582. The number of halogens is 1. The first-order chi connectivity index (χ1) is 19.4. The Hall–Kier alpha value is -3.25. The van der Waals surface area contributed by atoms with Crippen LogP contribution in [0.15, 0.2) is 42.5 Å². The molecule has 0 bridgehead atoms. The smallest absolute Gasteiger partial charge is 0.343 e. The van der Waals surface area contributed by atoms with Gasteiger partial charge in [0.2, 0.25) is 11.5 Å². The quantitative estimate of drug-likeness (QED) is 0.0974. The molecule has 0 radical (unpaired) electrons. The van der Waals surface area contributed by atoms with Crippen LogP contribution >= 0.6 is 11.6 Å². The molecule has 0 aromatic heterocycles.